The van der Waals surface area contributed by atoms with Crippen LogP contribution in [0.3, 0.4) is 0 Å². The van der Waals surface area contributed by atoms with Gasteiger partial charge in [-0.3, -0.25) is 0 Å². The van der Waals surface area contributed by atoms with Crippen molar-refractivity contribution in [1.29, 1.82) is 0 Å². The van der Waals surface area contributed by atoms with Crippen molar-refractivity contribution in [3.05, 3.63) is 47.5 Å². The minimum absolute atomic E-state index is 0.0922. The Kier molecular flexibility index (Phi) is 4.98. The van der Waals surface area contributed by atoms with E-state index in [-0.39, 0.29) is 11.0 Å². The molecule has 1 rings (SSSR count). The molecule has 106 valence electrons. The number of nitrogens with one attached hydrogen (secondary N) is 1. The first-order chi connectivity index (χ1) is 8.65. The van der Waals surface area contributed by atoms with E-state index < -0.39 is 0 Å². The SMILES string of the molecule is C=CC(C)(CNC(C)(C)C)Cc1ccc(C)c(C)c1. The van der Waals surface area contributed by atoms with Gasteiger partial charge in [-0.2, -0.15) is 0 Å². The fourth-order valence-electron chi connectivity index (χ4n) is 2.05. The molecule has 0 saturated carbocycles. The van der Waals surface area contributed by atoms with Gasteiger partial charge in [0.2, 0.25) is 0 Å². The highest BCUT2D eigenvalue weighted by Gasteiger charge is 2.23. The molecule has 1 unspecified atom stereocenters. The van der Waals surface area contributed by atoms with Crippen molar-refractivity contribution in [2.24, 2.45) is 5.41 Å². The van der Waals surface area contributed by atoms with Gasteiger partial charge in [0.15, 0.2) is 0 Å². The van der Waals surface area contributed by atoms with E-state index in [1.807, 2.05) is 0 Å². The van der Waals surface area contributed by atoms with Crippen LogP contribution in [0.2, 0.25) is 0 Å². The van der Waals surface area contributed by atoms with Crippen molar-refractivity contribution in [1.82, 2.24) is 5.32 Å². The lowest BCUT2D eigenvalue weighted by Crippen LogP contribution is -2.43. The molecule has 1 N–H and O–H groups in total. The number of hydrogen-bond donors (Lipinski definition) is 1. The van der Waals surface area contributed by atoms with Crippen molar-refractivity contribution in [2.75, 3.05) is 6.54 Å². The Morgan fingerprint density at radius 3 is 2.21 bits per heavy atom. The monoisotopic (exact) mass is 259 g/mol. The van der Waals surface area contributed by atoms with Crippen LogP contribution in [-0.4, -0.2) is 12.1 Å². The molecule has 1 aromatic carbocycles. The normalized spacial score (nSPS) is 15.1. The number of hydrogen-bond acceptors (Lipinski definition) is 1. The smallest absolute Gasteiger partial charge is 0.00968 e. The van der Waals surface area contributed by atoms with Crippen LogP contribution in [0.25, 0.3) is 0 Å². The maximum Gasteiger partial charge on any atom is 0.00968 e. The molecule has 0 aliphatic heterocycles. The molecule has 1 aromatic rings. The van der Waals surface area contributed by atoms with Crippen molar-refractivity contribution >= 4 is 0 Å². The summed E-state index contributed by atoms with van der Waals surface area (Å²) in [5.74, 6) is 0. The summed E-state index contributed by atoms with van der Waals surface area (Å²) in [5, 5.41) is 3.59. The van der Waals surface area contributed by atoms with E-state index in [9.17, 15) is 0 Å². The lowest BCUT2D eigenvalue weighted by molar-refractivity contribution is 0.322. The molecule has 0 bridgehead atoms. The Labute approximate surface area is 119 Å². The summed E-state index contributed by atoms with van der Waals surface area (Å²) in [6.45, 7) is 18.2. The second-order valence-corrected chi connectivity index (χ2v) is 7.06. The van der Waals surface area contributed by atoms with Crippen molar-refractivity contribution in [3.8, 4) is 0 Å². The summed E-state index contributed by atoms with van der Waals surface area (Å²) in [5.41, 5.74) is 4.35. The average Bonchev–Trinajstić information content (AvgIpc) is 2.31. The Morgan fingerprint density at radius 2 is 1.74 bits per heavy atom. The van der Waals surface area contributed by atoms with Gasteiger partial charge < -0.3 is 5.32 Å². The van der Waals surface area contributed by atoms with E-state index in [4.69, 9.17) is 0 Å². The molecule has 0 radical (unpaired) electrons. The zero-order valence-electron chi connectivity index (χ0n) is 13.4. The third-order valence-electron chi connectivity index (χ3n) is 3.69. The van der Waals surface area contributed by atoms with E-state index in [0.29, 0.717) is 0 Å². The second-order valence-electron chi connectivity index (χ2n) is 7.06. The fourth-order valence-corrected chi connectivity index (χ4v) is 2.05. The van der Waals surface area contributed by atoms with E-state index in [0.717, 1.165) is 13.0 Å². The van der Waals surface area contributed by atoms with Gasteiger partial charge in [0.25, 0.3) is 0 Å². The van der Waals surface area contributed by atoms with Crippen molar-refractivity contribution < 1.29 is 0 Å². The molecule has 0 aliphatic carbocycles. The molecular formula is C18H29N. The van der Waals surface area contributed by atoms with Crippen LogP contribution >= 0.6 is 0 Å². The van der Waals surface area contributed by atoms with E-state index in [1.165, 1.54) is 16.7 Å². The first-order valence-corrected chi connectivity index (χ1v) is 7.10. The molecule has 0 fully saturated rings. The summed E-state index contributed by atoms with van der Waals surface area (Å²) >= 11 is 0. The summed E-state index contributed by atoms with van der Waals surface area (Å²) in [4.78, 5) is 0. The van der Waals surface area contributed by atoms with Gasteiger partial charge in [0.05, 0.1) is 0 Å². The molecule has 1 heteroatoms. The summed E-state index contributed by atoms with van der Waals surface area (Å²) in [7, 11) is 0. The minimum atomic E-state index is 0.0922. The predicted octanol–water partition coefficient (Wildman–Crippen LogP) is 4.43. The zero-order valence-corrected chi connectivity index (χ0v) is 13.4. The third kappa shape index (κ3) is 5.20. The van der Waals surface area contributed by atoms with Crippen LogP contribution < -0.4 is 5.32 Å². The standard InChI is InChI=1S/C18H29N/c1-8-18(7,13-19-17(4,5)6)12-16-10-9-14(2)15(3)11-16/h8-11,19H,1,12-13H2,2-7H3. The molecule has 1 atom stereocenters. The van der Waals surface area contributed by atoms with Crippen LogP contribution in [0.4, 0.5) is 0 Å². The Bertz CT molecular complexity index is 439. The summed E-state index contributed by atoms with van der Waals surface area (Å²) in [6, 6.07) is 6.75. The minimum Gasteiger partial charge on any atom is -0.311 e. The fraction of sp³-hybridized carbons (Fsp3) is 0.556. The van der Waals surface area contributed by atoms with Gasteiger partial charge in [0.1, 0.15) is 0 Å². The first-order valence-electron chi connectivity index (χ1n) is 7.10. The molecule has 0 amide bonds. The lowest BCUT2D eigenvalue weighted by Gasteiger charge is -2.31. The van der Waals surface area contributed by atoms with E-state index in [2.05, 4.69) is 77.7 Å². The van der Waals surface area contributed by atoms with Crippen molar-refractivity contribution in [2.45, 2.75) is 53.5 Å². The largest absolute Gasteiger partial charge is 0.311 e. The molecule has 0 spiro atoms. The summed E-state index contributed by atoms with van der Waals surface area (Å²) < 4.78 is 0. The molecule has 0 aromatic heterocycles. The Morgan fingerprint density at radius 1 is 1.11 bits per heavy atom. The molecule has 0 saturated heterocycles. The van der Waals surface area contributed by atoms with Gasteiger partial charge in [-0.1, -0.05) is 31.2 Å². The quantitative estimate of drug-likeness (QED) is 0.772. The van der Waals surface area contributed by atoms with Crippen LogP contribution in [0.5, 0.6) is 0 Å². The van der Waals surface area contributed by atoms with Crippen LogP contribution in [0, 0.1) is 19.3 Å². The van der Waals surface area contributed by atoms with Crippen LogP contribution in [0.15, 0.2) is 30.9 Å². The second kappa shape index (κ2) is 5.92. The van der Waals surface area contributed by atoms with Crippen LogP contribution in [0.1, 0.15) is 44.4 Å². The highest BCUT2D eigenvalue weighted by atomic mass is 15.0. The van der Waals surface area contributed by atoms with Gasteiger partial charge in [0, 0.05) is 17.5 Å². The number of benzene rings is 1. The molecule has 0 aliphatic rings. The Balaban J connectivity index is 2.79. The van der Waals surface area contributed by atoms with Gasteiger partial charge in [-0.25, -0.2) is 0 Å². The number of aryl methyl sites for hydroxylation is 2. The predicted molar refractivity (Wildman–Crippen MR) is 85.7 cm³/mol. The molecule has 19 heavy (non-hydrogen) atoms. The van der Waals surface area contributed by atoms with Gasteiger partial charge in [-0.15, -0.1) is 6.58 Å². The maximum absolute atomic E-state index is 4.03. The van der Waals surface area contributed by atoms with Crippen LogP contribution in [-0.2, 0) is 6.42 Å². The molecule has 0 heterocycles. The van der Waals surface area contributed by atoms with E-state index in [1.54, 1.807) is 0 Å². The topological polar surface area (TPSA) is 12.0 Å². The maximum atomic E-state index is 4.03. The number of rotatable bonds is 5. The van der Waals surface area contributed by atoms with E-state index >= 15 is 0 Å². The Hall–Kier alpha value is -1.08. The summed E-state index contributed by atoms with van der Waals surface area (Å²) in [6.07, 6.45) is 3.11. The highest BCUT2D eigenvalue weighted by Crippen LogP contribution is 2.25. The van der Waals surface area contributed by atoms with Crippen molar-refractivity contribution in [3.63, 3.8) is 0 Å². The molecular weight excluding hydrogens is 230 g/mol. The third-order valence-corrected chi connectivity index (χ3v) is 3.69. The highest BCUT2D eigenvalue weighted by molar-refractivity contribution is 5.31. The zero-order chi connectivity index (χ0) is 14.7. The van der Waals surface area contributed by atoms with Gasteiger partial charge in [-0.05, 0) is 57.7 Å². The van der Waals surface area contributed by atoms with Gasteiger partial charge >= 0.3 is 0 Å². The first kappa shape index (κ1) is 16.0. The lowest BCUT2D eigenvalue weighted by atomic mass is 9.82. The molecule has 1 nitrogen and oxygen atoms in total. The average molecular weight is 259 g/mol.